The van der Waals surface area contributed by atoms with Crippen LogP contribution in [0, 0.1) is 17.0 Å². The molecule has 0 spiro atoms. The summed E-state index contributed by atoms with van der Waals surface area (Å²) < 4.78 is 5.54. The third kappa shape index (κ3) is 4.49. The molecule has 8 heteroatoms. The van der Waals surface area contributed by atoms with Crippen LogP contribution in [0.3, 0.4) is 0 Å². The number of carbonyl (C=O) groups is 1. The summed E-state index contributed by atoms with van der Waals surface area (Å²) in [6.45, 7) is 4.07. The van der Waals surface area contributed by atoms with Crippen LogP contribution in [-0.4, -0.2) is 48.5 Å². The Morgan fingerprint density at radius 1 is 1.19 bits per heavy atom. The molecule has 1 heterocycles. The minimum absolute atomic E-state index is 0.0184. The molecule has 0 aromatic heterocycles. The van der Waals surface area contributed by atoms with Gasteiger partial charge in [0.05, 0.1) is 10.5 Å². The number of rotatable bonds is 5. The van der Waals surface area contributed by atoms with Gasteiger partial charge in [0.1, 0.15) is 5.75 Å². The smallest absolute Gasteiger partial charge is 0.276 e. The topological polar surface area (TPSA) is 75.9 Å². The molecule has 0 N–H and O–H groups in total. The van der Waals surface area contributed by atoms with Gasteiger partial charge in [0.25, 0.3) is 11.6 Å². The number of hydrogen-bond donors (Lipinski definition) is 0. The van der Waals surface area contributed by atoms with Crippen molar-refractivity contribution in [3.8, 4) is 5.75 Å². The summed E-state index contributed by atoms with van der Waals surface area (Å²) in [5.74, 6) is 0.224. The van der Waals surface area contributed by atoms with Gasteiger partial charge in [0.15, 0.2) is 6.61 Å². The van der Waals surface area contributed by atoms with Crippen molar-refractivity contribution < 1.29 is 14.5 Å². The second kappa shape index (κ2) is 8.26. The van der Waals surface area contributed by atoms with Gasteiger partial charge in [0, 0.05) is 43.0 Å². The lowest BCUT2D eigenvalue weighted by molar-refractivity contribution is -0.385. The van der Waals surface area contributed by atoms with E-state index in [-0.39, 0.29) is 18.2 Å². The van der Waals surface area contributed by atoms with Crippen LogP contribution < -0.4 is 9.64 Å². The Morgan fingerprint density at radius 2 is 1.89 bits per heavy atom. The first-order valence-corrected chi connectivity index (χ1v) is 8.98. The number of carbonyl (C=O) groups excluding carboxylic acids is 1. The van der Waals surface area contributed by atoms with Gasteiger partial charge >= 0.3 is 0 Å². The maximum atomic E-state index is 12.4. The van der Waals surface area contributed by atoms with Crippen LogP contribution in [0.15, 0.2) is 42.5 Å². The van der Waals surface area contributed by atoms with Gasteiger partial charge in [-0.15, -0.1) is 0 Å². The first-order valence-electron chi connectivity index (χ1n) is 8.61. The second-order valence-corrected chi connectivity index (χ2v) is 6.73. The van der Waals surface area contributed by atoms with E-state index in [1.165, 1.54) is 6.07 Å². The van der Waals surface area contributed by atoms with Gasteiger partial charge in [-0.25, -0.2) is 0 Å². The molecule has 2 aromatic rings. The minimum atomic E-state index is -0.459. The molecule has 0 atom stereocenters. The van der Waals surface area contributed by atoms with E-state index in [2.05, 4.69) is 4.90 Å². The number of nitro benzene ring substituents is 1. The monoisotopic (exact) mass is 389 g/mol. The predicted octanol–water partition coefficient (Wildman–Crippen LogP) is 3.28. The summed E-state index contributed by atoms with van der Waals surface area (Å²) in [5.41, 5.74) is 1.44. The lowest BCUT2D eigenvalue weighted by atomic mass is 10.2. The summed E-state index contributed by atoms with van der Waals surface area (Å²) in [5, 5.41) is 11.7. The molecular formula is C19H20ClN3O4. The fraction of sp³-hybridized carbons (Fsp3) is 0.316. The number of hydrogen-bond acceptors (Lipinski definition) is 5. The Morgan fingerprint density at radius 3 is 2.56 bits per heavy atom. The minimum Gasteiger partial charge on any atom is -0.483 e. The molecular weight excluding hydrogens is 370 g/mol. The molecule has 2 aromatic carbocycles. The highest BCUT2D eigenvalue weighted by molar-refractivity contribution is 6.30. The van der Waals surface area contributed by atoms with Crippen LogP contribution in [0.2, 0.25) is 5.02 Å². The van der Waals surface area contributed by atoms with Crippen molar-refractivity contribution in [3.63, 3.8) is 0 Å². The Kier molecular flexibility index (Phi) is 5.81. The molecule has 0 bridgehead atoms. The first-order chi connectivity index (χ1) is 13.0. The van der Waals surface area contributed by atoms with Gasteiger partial charge in [-0.05, 0) is 31.2 Å². The summed E-state index contributed by atoms with van der Waals surface area (Å²) in [4.78, 5) is 26.9. The van der Waals surface area contributed by atoms with Crippen LogP contribution in [0.1, 0.15) is 5.56 Å². The molecule has 0 aliphatic carbocycles. The van der Waals surface area contributed by atoms with E-state index in [1.807, 2.05) is 24.3 Å². The van der Waals surface area contributed by atoms with E-state index in [9.17, 15) is 14.9 Å². The average Bonchev–Trinajstić information content (AvgIpc) is 2.67. The first kappa shape index (κ1) is 19.0. The fourth-order valence-electron chi connectivity index (χ4n) is 3.07. The third-order valence-electron chi connectivity index (χ3n) is 4.61. The van der Waals surface area contributed by atoms with E-state index >= 15 is 0 Å². The predicted molar refractivity (Wildman–Crippen MR) is 104 cm³/mol. The van der Waals surface area contributed by atoms with Crippen molar-refractivity contribution >= 4 is 28.9 Å². The van der Waals surface area contributed by atoms with Crippen molar-refractivity contribution in [1.82, 2.24) is 4.90 Å². The largest absolute Gasteiger partial charge is 0.483 e. The summed E-state index contributed by atoms with van der Waals surface area (Å²) in [6.07, 6.45) is 0. The lowest BCUT2D eigenvalue weighted by Gasteiger charge is -2.36. The zero-order valence-electron chi connectivity index (χ0n) is 14.9. The molecule has 142 valence electrons. The van der Waals surface area contributed by atoms with E-state index < -0.39 is 4.92 Å². The van der Waals surface area contributed by atoms with E-state index in [0.29, 0.717) is 42.5 Å². The highest BCUT2D eigenvalue weighted by atomic mass is 35.5. The number of piperazine rings is 1. The number of anilines is 1. The molecule has 7 nitrogen and oxygen atoms in total. The molecule has 0 radical (unpaired) electrons. The van der Waals surface area contributed by atoms with Crippen molar-refractivity contribution in [1.29, 1.82) is 0 Å². The van der Waals surface area contributed by atoms with Gasteiger partial charge in [-0.1, -0.05) is 23.7 Å². The second-order valence-electron chi connectivity index (χ2n) is 6.29. The van der Waals surface area contributed by atoms with E-state index in [4.69, 9.17) is 16.3 Å². The molecule has 1 fully saturated rings. The van der Waals surface area contributed by atoms with Gasteiger partial charge in [0.2, 0.25) is 0 Å². The van der Waals surface area contributed by atoms with E-state index in [0.717, 1.165) is 5.69 Å². The maximum absolute atomic E-state index is 12.4. The Hall–Kier alpha value is -2.80. The van der Waals surface area contributed by atoms with Crippen LogP contribution in [0.25, 0.3) is 0 Å². The highest BCUT2D eigenvalue weighted by Gasteiger charge is 2.22. The Labute approximate surface area is 162 Å². The standard InChI is InChI=1S/C19H20ClN3O4/c1-14-17(23(25)26)6-3-7-18(14)27-13-19(24)22-10-8-21(9-11-22)16-5-2-4-15(20)12-16/h2-7,12H,8-11,13H2,1H3. The van der Waals surface area contributed by atoms with Crippen LogP contribution >= 0.6 is 11.6 Å². The average molecular weight is 390 g/mol. The maximum Gasteiger partial charge on any atom is 0.276 e. The molecule has 3 rings (SSSR count). The number of ether oxygens (including phenoxy) is 1. The number of nitrogens with zero attached hydrogens (tertiary/aromatic N) is 3. The molecule has 0 unspecified atom stereocenters. The van der Waals surface area contributed by atoms with Crippen LogP contribution in [-0.2, 0) is 4.79 Å². The van der Waals surface area contributed by atoms with Crippen molar-refractivity contribution in [3.05, 3.63) is 63.2 Å². The quantitative estimate of drug-likeness (QED) is 0.579. The third-order valence-corrected chi connectivity index (χ3v) is 4.84. The zero-order valence-corrected chi connectivity index (χ0v) is 15.7. The Bertz CT molecular complexity index is 851. The van der Waals surface area contributed by atoms with Gasteiger partial charge in [-0.2, -0.15) is 0 Å². The molecule has 1 amide bonds. The summed E-state index contributed by atoms with van der Waals surface area (Å²) in [7, 11) is 0. The number of benzene rings is 2. The van der Waals surface area contributed by atoms with Crippen LogP contribution in [0.4, 0.5) is 11.4 Å². The van der Waals surface area contributed by atoms with Crippen molar-refractivity contribution in [2.75, 3.05) is 37.7 Å². The number of nitro groups is 1. The molecule has 1 aliphatic rings. The SMILES string of the molecule is Cc1c(OCC(=O)N2CCN(c3cccc(Cl)c3)CC2)cccc1[N+](=O)[O-]. The number of halogens is 1. The van der Waals surface area contributed by atoms with Crippen molar-refractivity contribution in [2.45, 2.75) is 6.92 Å². The van der Waals surface area contributed by atoms with Crippen LogP contribution in [0.5, 0.6) is 5.75 Å². The highest BCUT2D eigenvalue weighted by Crippen LogP contribution is 2.27. The molecule has 1 saturated heterocycles. The fourth-order valence-corrected chi connectivity index (χ4v) is 3.26. The molecule has 1 aliphatic heterocycles. The zero-order chi connectivity index (χ0) is 19.4. The number of amides is 1. The molecule has 27 heavy (non-hydrogen) atoms. The van der Waals surface area contributed by atoms with Gasteiger partial charge < -0.3 is 14.5 Å². The summed E-state index contributed by atoms with van der Waals surface area (Å²) >= 11 is 6.04. The van der Waals surface area contributed by atoms with Gasteiger partial charge in [-0.3, -0.25) is 14.9 Å². The lowest BCUT2D eigenvalue weighted by Crippen LogP contribution is -2.50. The summed E-state index contributed by atoms with van der Waals surface area (Å²) in [6, 6.07) is 12.2. The van der Waals surface area contributed by atoms with Crippen molar-refractivity contribution in [2.24, 2.45) is 0 Å². The molecule has 0 saturated carbocycles. The normalized spacial score (nSPS) is 14.1. The Balaban J connectivity index is 1.54. The van der Waals surface area contributed by atoms with E-state index in [1.54, 1.807) is 24.0 Å².